The molecule has 1 N–H and O–H groups in total. The Labute approximate surface area is 136 Å². The molecule has 0 atom stereocenters. The van der Waals surface area contributed by atoms with Gasteiger partial charge in [0.1, 0.15) is 5.82 Å². The van der Waals surface area contributed by atoms with E-state index < -0.39 is 0 Å². The Balaban J connectivity index is 2.02. The molecule has 2 aromatic rings. The molecule has 0 radical (unpaired) electrons. The van der Waals surface area contributed by atoms with Crippen molar-refractivity contribution in [3.63, 3.8) is 0 Å². The summed E-state index contributed by atoms with van der Waals surface area (Å²) < 4.78 is 1.64. The van der Waals surface area contributed by atoms with Gasteiger partial charge in [0.05, 0.1) is 12.1 Å². The lowest BCUT2D eigenvalue weighted by molar-refractivity contribution is -0.115. The first-order valence-corrected chi connectivity index (χ1v) is 7.70. The van der Waals surface area contributed by atoms with E-state index in [0.29, 0.717) is 11.6 Å². The molecule has 7 nitrogen and oxygen atoms in total. The molecule has 0 unspecified atom stereocenters. The Kier molecular flexibility index (Phi) is 4.77. The standard InChI is InChI=1S/C16H24N6O/c1-10(2)15-18-13(22(6)21-15)9-14(23)17-12-8-7-11(19-20-12)16(3,4)5/h7-8,10H,9H2,1-6H3,(H,17,20,23). The monoisotopic (exact) mass is 316 g/mol. The van der Waals surface area contributed by atoms with Gasteiger partial charge in [0.15, 0.2) is 11.6 Å². The lowest BCUT2D eigenvalue weighted by Gasteiger charge is -2.16. The summed E-state index contributed by atoms with van der Waals surface area (Å²) in [4.78, 5) is 16.5. The summed E-state index contributed by atoms with van der Waals surface area (Å²) in [5, 5.41) is 15.3. The van der Waals surface area contributed by atoms with Gasteiger partial charge in [-0.2, -0.15) is 10.2 Å². The molecule has 0 bridgehead atoms. The fourth-order valence-corrected chi connectivity index (χ4v) is 1.97. The third-order valence-electron chi connectivity index (χ3n) is 3.41. The normalized spacial score (nSPS) is 11.8. The molecule has 0 aliphatic rings. The minimum Gasteiger partial charge on any atom is -0.309 e. The van der Waals surface area contributed by atoms with Crippen LogP contribution in [0.1, 0.15) is 57.9 Å². The highest BCUT2D eigenvalue weighted by atomic mass is 16.1. The highest BCUT2D eigenvalue weighted by Gasteiger charge is 2.17. The van der Waals surface area contributed by atoms with E-state index in [2.05, 4.69) is 46.4 Å². The number of carbonyl (C=O) groups excluding carboxylic acids is 1. The summed E-state index contributed by atoms with van der Waals surface area (Å²) in [5.41, 5.74) is 0.812. The zero-order valence-electron chi connectivity index (χ0n) is 14.6. The number of amides is 1. The SMILES string of the molecule is CC(C)c1nc(CC(=O)Nc2ccc(C(C)(C)C)nn2)n(C)n1. The van der Waals surface area contributed by atoms with E-state index in [1.807, 2.05) is 19.9 Å². The molecule has 1 amide bonds. The number of nitrogens with zero attached hydrogens (tertiary/aromatic N) is 5. The van der Waals surface area contributed by atoms with Gasteiger partial charge in [-0.3, -0.25) is 9.48 Å². The molecule has 2 heterocycles. The van der Waals surface area contributed by atoms with E-state index in [9.17, 15) is 4.79 Å². The second-order valence-corrected chi connectivity index (χ2v) is 6.94. The highest BCUT2D eigenvalue weighted by molar-refractivity contribution is 5.90. The molecule has 2 aromatic heterocycles. The van der Waals surface area contributed by atoms with Crippen LogP contribution in [-0.2, 0) is 23.7 Å². The van der Waals surface area contributed by atoms with E-state index in [-0.39, 0.29) is 23.7 Å². The molecule has 7 heteroatoms. The van der Waals surface area contributed by atoms with E-state index >= 15 is 0 Å². The number of aromatic nitrogens is 5. The van der Waals surface area contributed by atoms with Crippen molar-refractivity contribution in [2.24, 2.45) is 7.05 Å². The summed E-state index contributed by atoms with van der Waals surface area (Å²) >= 11 is 0. The number of carbonyl (C=O) groups is 1. The van der Waals surface area contributed by atoms with Gasteiger partial charge in [-0.25, -0.2) is 4.98 Å². The van der Waals surface area contributed by atoms with Crippen molar-refractivity contribution in [2.45, 2.75) is 52.4 Å². The van der Waals surface area contributed by atoms with Crippen molar-refractivity contribution >= 4 is 11.7 Å². The molecule has 0 aromatic carbocycles. The number of hydrogen-bond donors (Lipinski definition) is 1. The Morgan fingerprint density at radius 1 is 1.26 bits per heavy atom. The largest absolute Gasteiger partial charge is 0.309 e. The highest BCUT2D eigenvalue weighted by Crippen LogP contribution is 2.19. The third-order valence-corrected chi connectivity index (χ3v) is 3.41. The predicted octanol–water partition coefficient (Wildman–Crippen LogP) is 2.21. The van der Waals surface area contributed by atoms with E-state index in [1.165, 1.54) is 0 Å². The number of aryl methyl sites for hydroxylation is 1. The second-order valence-electron chi connectivity index (χ2n) is 6.94. The first kappa shape index (κ1) is 17.1. The minimum atomic E-state index is -0.186. The Morgan fingerprint density at radius 2 is 1.96 bits per heavy atom. The van der Waals surface area contributed by atoms with Crippen molar-refractivity contribution in [3.05, 3.63) is 29.5 Å². The zero-order valence-corrected chi connectivity index (χ0v) is 14.6. The van der Waals surface area contributed by atoms with Crippen LogP contribution in [-0.4, -0.2) is 30.9 Å². The maximum absolute atomic E-state index is 12.1. The van der Waals surface area contributed by atoms with Gasteiger partial charge in [-0.1, -0.05) is 34.6 Å². The second kappa shape index (κ2) is 6.44. The van der Waals surface area contributed by atoms with Crippen LogP contribution >= 0.6 is 0 Å². The molecule has 0 aliphatic carbocycles. The Bertz CT molecular complexity index is 682. The molecule has 23 heavy (non-hydrogen) atoms. The summed E-state index contributed by atoms with van der Waals surface area (Å²) in [6.07, 6.45) is 0.152. The number of nitrogens with one attached hydrogen (secondary N) is 1. The van der Waals surface area contributed by atoms with Gasteiger partial charge in [-0.05, 0) is 12.1 Å². The molecular weight excluding hydrogens is 292 g/mol. The Hall–Kier alpha value is -2.31. The lowest BCUT2D eigenvalue weighted by Crippen LogP contribution is -2.19. The van der Waals surface area contributed by atoms with Crippen LogP contribution in [0, 0.1) is 0 Å². The smallest absolute Gasteiger partial charge is 0.233 e. The number of rotatable bonds is 4. The van der Waals surface area contributed by atoms with Crippen molar-refractivity contribution in [1.82, 2.24) is 25.0 Å². The molecule has 124 valence electrons. The van der Waals surface area contributed by atoms with Crippen molar-refractivity contribution in [2.75, 3.05) is 5.32 Å². The number of anilines is 1. The summed E-state index contributed by atoms with van der Waals surface area (Å²) in [6.45, 7) is 10.2. The first-order chi connectivity index (χ1) is 10.7. The minimum absolute atomic E-state index is 0.0680. The van der Waals surface area contributed by atoms with E-state index in [4.69, 9.17) is 0 Å². The van der Waals surface area contributed by atoms with Gasteiger partial charge in [-0.15, -0.1) is 5.10 Å². The zero-order chi connectivity index (χ0) is 17.2. The lowest BCUT2D eigenvalue weighted by atomic mass is 9.92. The fraction of sp³-hybridized carbons (Fsp3) is 0.562. The van der Waals surface area contributed by atoms with Crippen LogP contribution in [0.5, 0.6) is 0 Å². The molecule has 0 saturated carbocycles. The third kappa shape index (κ3) is 4.34. The molecule has 0 spiro atoms. The van der Waals surface area contributed by atoms with E-state index in [1.54, 1.807) is 17.8 Å². The number of hydrogen-bond acceptors (Lipinski definition) is 5. The maximum Gasteiger partial charge on any atom is 0.233 e. The molecule has 0 fully saturated rings. The Morgan fingerprint density at radius 3 is 2.43 bits per heavy atom. The van der Waals surface area contributed by atoms with Crippen LogP contribution in [0.4, 0.5) is 5.82 Å². The quantitative estimate of drug-likeness (QED) is 0.934. The van der Waals surface area contributed by atoms with Gasteiger partial charge >= 0.3 is 0 Å². The van der Waals surface area contributed by atoms with Crippen LogP contribution in [0.3, 0.4) is 0 Å². The van der Waals surface area contributed by atoms with Gasteiger partial charge in [0, 0.05) is 18.4 Å². The van der Waals surface area contributed by atoms with Crippen molar-refractivity contribution < 1.29 is 4.79 Å². The van der Waals surface area contributed by atoms with Crippen molar-refractivity contribution in [1.29, 1.82) is 0 Å². The molecule has 0 aliphatic heterocycles. The van der Waals surface area contributed by atoms with Gasteiger partial charge < -0.3 is 5.32 Å². The van der Waals surface area contributed by atoms with Crippen LogP contribution in [0.2, 0.25) is 0 Å². The fourth-order valence-electron chi connectivity index (χ4n) is 1.97. The topological polar surface area (TPSA) is 85.6 Å². The van der Waals surface area contributed by atoms with Gasteiger partial charge in [0.25, 0.3) is 0 Å². The van der Waals surface area contributed by atoms with Gasteiger partial charge in [0.2, 0.25) is 5.91 Å². The van der Waals surface area contributed by atoms with E-state index in [0.717, 1.165) is 11.5 Å². The molecular formula is C16H24N6O. The summed E-state index contributed by atoms with van der Waals surface area (Å²) in [7, 11) is 1.79. The summed E-state index contributed by atoms with van der Waals surface area (Å²) in [5.74, 6) is 1.85. The average Bonchev–Trinajstić information content (AvgIpc) is 2.80. The molecule has 2 rings (SSSR count). The van der Waals surface area contributed by atoms with Crippen LogP contribution in [0.15, 0.2) is 12.1 Å². The first-order valence-electron chi connectivity index (χ1n) is 7.70. The average molecular weight is 316 g/mol. The van der Waals surface area contributed by atoms with Crippen LogP contribution < -0.4 is 5.32 Å². The molecule has 0 saturated heterocycles. The van der Waals surface area contributed by atoms with Crippen molar-refractivity contribution in [3.8, 4) is 0 Å². The summed E-state index contributed by atoms with van der Waals surface area (Å²) in [6, 6.07) is 3.64. The van der Waals surface area contributed by atoms with Crippen LogP contribution in [0.25, 0.3) is 0 Å². The predicted molar refractivity (Wildman–Crippen MR) is 88.2 cm³/mol. The maximum atomic E-state index is 12.1.